The van der Waals surface area contributed by atoms with Gasteiger partial charge in [0.05, 0.1) is 23.5 Å². The van der Waals surface area contributed by atoms with E-state index in [4.69, 9.17) is 0 Å². The predicted octanol–water partition coefficient (Wildman–Crippen LogP) is 3.33. The number of pyridine rings is 1. The number of hydrogen-bond donors (Lipinski definition) is 1. The molecule has 1 saturated carbocycles. The zero-order valence-electron chi connectivity index (χ0n) is 14.8. The maximum Gasteiger partial charge on any atom is 0.259 e. The molecule has 0 radical (unpaired) electrons. The Labute approximate surface area is 142 Å². The summed E-state index contributed by atoms with van der Waals surface area (Å²) in [4.78, 5) is 19.1. The third kappa shape index (κ3) is 3.13. The highest BCUT2D eigenvalue weighted by molar-refractivity contribution is 6.06. The van der Waals surface area contributed by atoms with E-state index < -0.39 is 0 Å². The number of anilines is 2. The first-order valence-electron chi connectivity index (χ1n) is 8.48. The highest BCUT2D eigenvalue weighted by Crippen LogP contribution is 2.31. The second kappa shape index (κ2) is 6.63. The van der Waals surface area contributed by atoms with Crippen molar-refractivity contribution < 1.29 is 4.79 Å². The van der Waals surface area contributed by atoms with E-state index in [1.165, 1.54) is 12.8 Å². The number of amides is 1. The van der Waals surface area contributed by atoms with Crippen LogP contribution in [-0.2, 0) is 0 Å². The minimum absolute atomic E-state index is 0.134. The molecule has 1 N–H and O–H groups in total. The van der Waals surface area contributed by atoms with E-state index in [1.807, 2.05) is 49.7 Å². The molecule has 6 heteroatoms. The molecule has 1 aliphatic rings. The Morgan fingerprint density at radius 1 is 1.25 bits per heavy atom. The lowest BCUT2D eigenvalue weighted by Gasteiger charge is -2.17. The summed E-state index contributed by atoms with van der Waals surface area (Å²) in [6, 6.07) is 4.23. The summed E-state index contributed by atoms with van der Waals surface area (Å²) in [5, 5.41) is 7.45. The molecule has 0 unspecified atom stereocenters. The number of carbonyl (C=O) groups is 1. The summed E-state index contributed by atoms with van der Waals surface area (Å²) in [5.74, 6) is 0.620. The second-order valence-corrected chi connectivity index (χ2v) is 6.70. The van der Waals surface area contributed by atoms with Crippen LogP contribution in [0, 0.1) is 13.8 Å². The summed E-state index contributed by atoms with van der Waals surface area (Å²) < 4.78 is 2.02. The molecule has 2 aromatic heterocycles. The fraction of sp³-hybridized carbons (Fsp3) is 0.500. The van der Waals surface area contributed by atoms with Crippen molar-refractivity contribution >= 4 is 17.4 Å². The average Bonchev–Trinajstić information content (AvgIpc) is 3.18. The minimum atomic E-state index is -0.134. The van der Waals surface area contributed by atoms with Gasteiger partial charge in [0.1, 0.15) is 0 Å². The molecule has 0 spiro atoms. The standard InChI is InChI=1S/C18H25N5O/c1-12-9-10-16(17(20-12)22(3)4)21-18(24)15-11-19-23(13(15)2)14-7-5-6-8-14/h9-11,14H,5-8H2,1-4H3,(H,21,24). The fourth-order valence-corrected chi connectivity index (χ4v) is 3.33. The molecule has 0 atom stereocenters. The number of rotatable bonds is 4. The molecule has 24 heavy (non-hydrogen) atoms. The average molecular weight is 327 g/mol. The molecule has 128 valence electrons. The first-order chi connectivity index (χ1) is 11.5. The molecule has 1 fully saturated rings. The van der Waals surface area contributed by atoms with Gasteiger partial charge in [-0.3, -0.25) is 9.48 Å². The first kappa shape index (κ1) is 16.5. The van der Waals surface area contributed by atoms with E-state index in [0.29, 0.717) is 17.3 Å². The molecule has 0 saturated heterocycles. The van der Waals surface area contributed by atoms with Gasteiger partial charge in [0, 0.05) is 25.5 Å². The summed E-state index contributed by atoms with van der Waals surface area (Å²) in [6.45, 7) is 3.91. The molecule has 2 aromatic rings. The van der Waals surface area contributed by atoms with Gasteiger partial charge in [-0.05, 0) is 38.8 Å². The van der Waals surface area contributed by atoms with Crippen molar-refractivity contribution in [3.8, 4) is 0 Å². The topological polar surface area (TPSA) is 63.1 Å². The quantitative estimate of drug-likeness (QED) is 0.935. The van der Waals surface area contributed by atoms with Crippen LogP contribution in [0.4, 0.5) is 11.5 Å². The van der Waals surface area contributed by atoms with Gasteiger partial charge in [-0.25, -0.2) is 4.98 Å². The Balaban J connectivity index is 1.83. The summed E-state index contributed by atoms with van der Waals surface area (Å²) in [5.41, 5.74) is 3.20. The Kier molecular flexibility index (Phi) is 4.55. The summed E-state index contributed by atoms with van der Waals surface area (Å²) in [6.07, 6.45) is 6.46. The number of nitrogens with zero attached hydrogens (tertiary/aromatic N) is 4. The number of aromatic nitrogens is 3. The molecular formula is C18H25N5O. The van der Waals surface area contributed by atoms with Crippen LogP contribution in [0.1, 0.15) is 53.5 Å². The monoisotopic (exact) mass is 327 g/mol. The number of nitrogens with one attached hydrogen (secondary N) is 1. The molecule has 0 aliphatic heterocycles. The minimum Gasteiger partial charge on any atom is -0.361 e. The lowest BCUT2D eigenvalue weighted by molar-refractivity contribution is 0.102. The lowest BCUT2D eigenvalue weighted by atomic mass is 10.2. The van der Waals surface area contributed by atoms with Crippen molar-refractivity contribution in [2.24, 2.45) is 0 Å². The molecule has 0 bridgehead atoms. The van der Waals surface area contributed by atoms with E-state index >= 15 is 0 Å². The van der Waals surface area contributed by atoms with Gasteiger partial charge in [-0.2, -0.15) is 5.10 Å². The van der Waals surface area contributed by atoms with Crippen LogP contribution in [0.2, 0.25) is 0 Å². The SMILES string of the molecule is Cc1ccc(NC(=O)c2cnn(C3CCCC3)c2C)c(N(C)C)n1. The van der Waals surface area contributed by atoms with Crippen LogP contribution in [0.5, 0.6) is 0 Å². The van der Waals surface area contributed by atoms with Crippen LogP contribution in [-0.4, -0.2) is 34.8 Å². The zero-order chi connectivity index (χ0) is 17.3. The largest absolute Gasteiger partial charge is 0.361 e. The zero-order valence-corrected chi connectivity index (χ0v) is 14.8. The molecular weight excluding hydrogens is 302 g/mol. The van der Waals surface area contributed by atoms with Gasteiger partial charge in [0.15, 0.2) is 5.82 Å². The number of aryl methyl sites for hydroxylation is 1. The first-order valence-corrected chi connectivity index (χ1v) is 8.48. The van der Waals surface area contributed by atoms with Crippen molar-refractivity contribution in [3.05, 3.63) is 35.3 Å². The van der Waals surface area contributed by atoms with Gasteiger partial charge in [-0.15, -0.1) is 0 Å². The maximum atomic E-state index is 12.7. The lowest BCUT2D eigenvalue weighted by Crippen LogP contribution is -2.19. The molecule has 1 amide bonds. The smallest absolute Gasteiger partial charge is 0.259 e. The van der Waals surface area contributed by atoms with Crippen LogP contribution >= 0.6 is 0 Å². The molecule has 0 aromatic carbocycles. The highest BCUT2D eigenvalue weighted by atomic mass is 16.1. The van der Waals surface area contributed by atoms with Crippen molar-refractivity contribution in [3.63, 3.8) is 0 Å². The molecule has 3 rings (SSSR count). The maximum absolute atomic E-state index is 12.7. The second-order valence-electron chi connectivity index (χ2n) is 6.70. The molecule has 1 aliphatic carbocycles. The van der Waals surface area contributed by atoms with Crippen molar-refractivity contribution in [1.29, 1.82) is 0 Å². The highest BCUT2D eigenvalue weighted by Gasteiger charge is 2.23. The van der Waals surface area contributed by atoms with Crippen molar-refractivity contribution in [1.82, 2.24) is 14.8 Å². The number of hydrogen-bond acceptors (Lipinski definition) is 4. The van der Waals surface area contributed by atoms with Crippen LogP contribution in [0.3, 0.4) is 0 Å². The Morgan fingerprint density at radius 2 is 1.96 bits per heavy atom. The van der Waals surface area contributed by atoms with E-state index in [1.54, 1.807) is 6.20 Å². The van der Waals surface area contributed by atoms with E-state index in [9.17, 15) is 4.79 Å². The van der Waals surface area contributed by atoms with Gasteiger partial charge in [0.2, 0.25) is 0 Å². The molecule has 2 heterocycles. The van der Waals surface area contributed by atoms with Gasteiger partial charge in [-0.1, -0.05) is 12.8 Å². The van der Waals surface area contributed by atoms with Crippen LogP contribution < -0.4 is 10.2 Å². The third-order valence-corrected chi connectivity index (χ3v) is 4.65. The van der Waals surface area contributed by atoms with Crippen molar-refractivity contribution in [2.75, 3.05) is 24.3 Å². The number of carbonyl (C=O) groups excluding carboxylic acids is 1. The van der Waals surface area contributed by atoms with Crippen LogP contribution in [0.15, 0.2) is 18.3 Å². The summed E-state index contributed by atoms with van der Waals surface area (Å²) >= 11 is 0. The fourth-order valence-electron chi connectivity index (χ4n) is 3.33. The van der Waals surface area contributed by atoms with E-state index in [2.05, 4.69) is 15.4 Å². The predicted molar refractivity (Wildman–Crippen MR) is 95.7 cm³/mol. The van der Waals surface area contributed by atoms with Gasteiger partial charge >= 0.3 is 0 Å². The van der Waals surface area contributed by atoms with Crippen LogP contribution in [0.25, 0.3) is 0 Å². The normalized spacial score (nSPS) is 14.8. The Bertz CT molecular complexity index is 744. The van der Waals surface area contributed by atoms with E-state index in [-0.39, 0.29) is 5.91 Å². The van der Waals surface area contributed by atoms with Crippen molar-refractivity contribution in [2.45, 2.75) is 45.6 Å². The molecule has 6 nitrogen and oxygen atoms in total. The van der Waals surface area contributed by atoms with Gasteiger partial charge in [0.25, 0.3) is 5.91 Å². The third-order valence-electron chi connectivity index (χ3n) is 4.65. The Hall–Kier alpha value is -2.37. The summed E-state index contributed by atoms with van der Waals surface area (Å²) in [7, 11) is 3.83. The Morgan fingerprint density at radius 3 is 2.62 bits per heavy atom. The van der Waals surface area contributed by atoms with E-state index in [0.717, 1.165) is 30.0 Å². The van der Waals surface area contributed by atoms with Gasteiger partial charge < -0.3 is 10.2 Å².